The van der Waals surface area contributed by atoms with Crippen LogP contribution in [0.15, 0.2) is 60.8 Å². The first-order valence-electron chi connectivity index (χ1n) is 39.7. The summed E-state index contributed by atoms with van der Waals surface area (Å²) in [6.07, 6.45) is 99.6. The predicted octanol–water partition coefficient (Wildman–Crippen LogP) is 25.3. The summed E-state index contributed by atoms with van der Waals surface area (Å²) >= 11 is 0. The lowest BCUT2D eigenvalue weighted by Crippen LogP contribution is -2.45. The monoisotopic (exact) mass is 1280 g/mol. The van der Waals surface area contributed by atoms with Gasteiger partial charge in [-0.3, -0.25) is 9.36 Å². The fourth-order valence-corrected chi connectivity index (χ4v) is 12.8. The van der Waals surface area contributed by atoms with Crippen molar-refractivity contribution in [2.24, 2.45) is 0 Å². The van der Waals surface area contributed by atoms with Crippen molar-refractivity contribution in [3.05, 3.63) is 60.8 Å². The Morgan fingerprint density at radius 2 is 0.656 bits per heavy atom. The molecule has 0 aliphatic heterocycles. The highest BCUT2D eigenvalue weighted by Crippen LogP contribution is 2.38. The van der Waals surface area contributed by atoms with Crippen molar-refractivity contribution in [1.82, 2.24) is 5.32 Å². The minimum absolute atomic E-state index is 0.00531. The average molecular weight is 1280 g/mol. The smallest absolute Gasteiger partial charge is 0.268 e. The van der Waals surface area contributed by atoms with Crippen LogP contribution in [0.1, 0.15) is 399 Å². The van der Waals surface area contributed by atoms with Gasteiger partial charge in [0, 0.05) is 6.42 Å². The summed E-state index contributed by atoms with van der Waals surface area (Å²) in [6.45, 7) is 4.67. The van der Waals surface area contributed by atoms with Crippen LogP contribution in [0.5, 0.6) is 0 Å². The standard InChI is InChI=1S/C81H155N2O6P/c1-6-8-10-12-14-16-18-20-22-24-26-28-30-32-34-36-37-38-39-40-41-42-43-44-45-47-49-51-53-55-57-59-61-63-65-67-69-71-73-75-81(85)82-79(78-89-90(86,87)88-77-76-83(3,4)5)80(84)74-72-70-68-66-64-62-60-58-56-54-52-50-48-46-35-33-31-29-27-25-23-21-19-17-15-13-11-9-7-2/h18,20,24,26,30,32,64,66,72,74,79-80,84H,6-17,19,21-23,25,27-29,31,33-63,65,67-71,73,75-78H2,1-5H3,(H-,82,85,86,87)/b20-18-,26-24-,32-30-,66-64+,74-72+. The van der Waals surface area contributed by atoms with Gasteiger partial charge >= 0.3 is 0 Å². The molecule has 0 radical (unpaired) electrons. The van der Waals surface area contributed by atoms with E-state index in [0.29, 0.717) is 17.4 Å². The zero-order chi connectivity index (χ0) is 65.5. The van der Waals surface area contributed by atoms with Crippen LogP contribution in [0.2, 0.25) is 0 Å². The second kappa shape index (κ2) is 71.5. The summed E-state index contributed by atoms with van der Waals surface area (Å²) in [5.74, 6) is -0.200. The quantitative estimate of drug-likeness (QED) is 0.0272. The number of allylic oxidation sites excluding steroid dienone is 9. The second-order valence-electron chi connectivity index (χ2n) is 28.4. The van der Waals surface area contributed by atoms with Gasteiger partial charge in [-0.05, 0) is 70.6 Å². The van der Waals surface area contributed by atoms with Crippen LogP contribution >= 0.6 is 7.82 Å². The number of aliphatic hydroxyl groups excluding tert-OH is 1. The maximum atomic E-state index is 13.1. The summed E-state index contributed by atoms with van der Waals surface area (Å²) in [6, 6.07) is -0.905. The number of phosphoric acid groups is 1. The molecule has 530 valence electrons. The number of nitrogens with one attached hydrogen (secondary N) is 1. The van der Waals surface area contributed by atoms with Gasteiger partial charge in [0.1, 0.15) is 13.2 Å². The van der Waals surface area contributed by atoms with Crippen LogP contribution in [0.3, 0.4) is 0 Å². The Bertz CT molecular complexity index is 1650. The molecule has 2 N–H and O–H groups in total. The van der Waals surface area contributed by atoms with E-state index < -0.39 is 20.0 Å². The molecule has 0 rings (SSSR count). The number of amides is 1. The maximum absolute atomic E-state index is 13.1. The van der Waals surface area contributed by atoms with Gasteiger partial charge < -0.3 is 28.8 Å². The van der Waals surface area contributed by atoms with E-state index in [1.807, 2.05) is 27.2 Å². The molecule has 3 atom stereocenters. The minimum Gasteiger partial charge on any atom is -0.756 e. The van der Waals surface area contributed by atoms with Crippen molar-refractivity contribution < 1.29 is 32.9 Å². The van der Waals surface area contributed by atoms with Gasteiger partial charge in [-0.1, -0.05) is 383 Å². The molecule has 0 aliphatic rings. The van der Waals surface area contributed by atoms with Gasteiger partial charge in [-0.2, -0.15) is 0 Å². The predicted molar refractivity (Wildman–Crippen MR) is 394 cm³/mol. The fourth-order valence-electron chi connectivity index (χ4n) is 12.1. The third-order valence-corrected chi connectivity index (χ3v) is 19.2. The molecule has 0 aromatic heterocycles. The van der Waals surface area contributed by atoms with Crippen molar-refractivity contribution in [3.63, 3.8) is 0 Å². The Morgan fingerprint density at radius 1 is 0.389 bits per heavy atom. The fraction of sp³-hybridized carbons (Fsp3) is 0.864. The molecule has 0 bridgehead atoms. The number of hydrogen-bond acceptors (Lipinski definition) is 6. The highest BCUT2D eigenvalue weighted by molar-refractivity contribution is 7.45. The Labute approximate surface area is 562 Å². The van der Waals surface area contributed by atoms with E-state index in [2.05, 4.69) is 67.8 Å². The number of unbranched alkanes of at least 4 members (excludes halogenated alkanes) is 53. The van der Waals surface area contributed by atoms with Crippen LogP contribution in [0.4, 0.5) is 0 Å². The first-order chi connectivity index (χ1) is 44.0. The van der Waals surface area contributed by atoms with Crippen molar-refractivity contribution in [3.8, 4) is 0 Å². The van der Waals surface area contributed by atoms with E-state index in [1.165, 1.54) is 327 Å². The normalized spacial score (nSPS) is 13.8. The van der Waals surface area contributed by atoms with E-state index in [4.69, 9.17) is 9.05 Å². The second-order valence-corrected chi connectivity index (χ2v) is 29.8. The molecular weight excluding hydrogens is 1130 g/mol. The van der Waals surface area contributed by atoms with E-state index in [1.54, 1.807) is 6.08 Å². The summed E-state index contributed by atoms with van der Waals surface area (Å²) < 4.78 is 23.5. The molecule has 1 amide bonds. The lowest BCUT2D eigenvalue weighted by atomic mass is 10.0. The first kappa shape index (κ1) is 88.2. The molecule has 0 heterocycles. The molecule has 0 saturated heterocycles. The van der Waals surface area contributed by atoms with Crippen LogP contribution in [-0.4, -0.2) is 68.5 Å². The number of aliphatic hydroxyl groups is 1. The van der Waals surface area contributed by atoms with Crippen LogP contribution in [0, 0.1) is 0 Å². The summed E-state index contributed by atoms with van der Waals surface area (Å²) in [5, 5.41) is 14.0. The number of carbonyl (C=O) groups excluding carboxylic acids is 1. The van der Waals surface area contributed by atoms with Crippen molar-refractivity contribution >= 4 is 13.7 Å². The SMILES string of the molecule is CCCCCCC/C=C\C/C=C\C/C=C\CCCCCCCCCCCCCCCCCCCCCCCCCCC(=O)NC(COP(=O)([O-])OCC[N+](C)(C)C)C(O)/C=C/CC/C=C/CCCCCCCCCCCCCCCCCCCCCCCCC. The highest BCUT2D eigenvalue weighted by Gasteiger charge is 2.23. The molecule has 3 unspecified atom stereocenters. The largest absolute Gasteiger partial charge is 0.756 e. The lowest BCUT2D eigenvalue weighted by molar-refractivity contribution is -0.870. The van der Waals surface area contributed by atoms with E-state index in [9.17, 15) is 19.4 Å². The molecular formula is C81H155N2O6P. The molecule has 0 aromatic rings. The first-order valence-corrected chi connectivity index (χ1v) is 41.1. The van der Waals surface area contributed by atoms with Crippen LogP contribution < -0.4 is 10.2 Å². The molecule has 0 saturated carbocycles. The summed E-state index contributed by atoms with van der Waals surface area (Å²) in [4.78, 5) is 25.7. The third kappa shape index (κ3) is 73.6. The average Bonchev–Trinajstić information content (AvgIpc) is 3.72. The molecule has 0 aromatic carbocycles. The Morgan fingerprint density at radius 3 is 0.978 bits per heavy atom. The van der Waals surface area contributed by atoms with Crippen molar-refractivity contribution in [1.29, 1.82) is 0 Å². The van der Waals surface area contributed by atoms with E-state index >= 15 is 0 Å². The number of rotatable bonds is 74. The number of phosphoric ester groups is 1. The van der Waals surface area contributed by atoms with Gasteiger partial charge in [0.2, 0.25) is 5.91 Å². The topological polar surface area (TPSA) is 108 Å². The van der Waals surface area contributed by atoms with Crippen LogP contribution in [0.25, 0.3) is 0 Å². The molecule has 9 heteroatoms. The Balaban J connectivity index is 3.97. The highest BCUT2D eigenvalue weighted by atomic mass is 31.2. The number of likely N-dealkylation sites (N-methyl/N-ethyl adjacent to an activating group) is 1. The number of carbonyl (C=O) groups is 1. The Kier molecular flexibility index (Phi) is 70.1. The van der Waals surface area contributed by atoms with Gasteiger partial charge in [0.05, 0.1) is 39.9 Å². The molecule has 0 spiro atoms. The maximum Gasteiger partial charge on any atom is 0.268 e. The van der Waals surface area contributed by atoms with Gasteiger partial charge in [0.25, 0.3) is 7.82 Å². The summed E-state index contributed by atoms with van der Waals surface area (Å²) in [7, 11) is 1.26. The molecule has 90 heavy (non-hydrogen) atoms. The zero-order valence-electron chi connectivity index (χ0n) is 60.9. The van der Waals surface area contributed by atoms with Gasteiger partial charge in [-0.15, -0.1) is 0 Å². The molecule has 0 fully saturated rings. The van der Waals surface area contributed by atoms with Crippen molar-refractivity contribution in [2.75, 3.05) is 40.9 Å². The van der Waals surface area contributed by atoms with Gasteiger partial charge in [0.15, 0.2) is 0 Å². The number of quaternary nitrogens is 1. The minimum atomic E-state index is -4.62. The van der Waals surface area contributed by atoms with E-state index in [0.717, 1.165) is 51.4 Å². The van der Waals surface area contributed by atoms with Gasteiger partial charge in [-0.25, -0.2) is 0 Å². The summed E-state index contributed by atoms with van der Waals surface area (Å²) in [5.41, 5.74) is 0. The Hall–Kier alpha value is -1.80. The number of hydrogen-bond donors (Lipinski definition) is 2. The zero-order valence-corrected chi connectivity index (χ0v) is 61.8. The van der Waals surface area contributed by atoms with E-state index in [-0.39, 0.29) is 19.1 Å². The third-order valence-electron chi connectivity index (χ3n) is 18.2. The lowest BCUT2D eigenvalue weighted by Gasteiger charge is -2.29. The van der Waals surface area contributed by atoms with Crippen LogP contribution in [-0.2, 0) is 18.4 Å². The van der Waals surface area contributed by atoms with Crippen molar-refractivity contribution in [2.45, 2.75) is 411 Å². The number of nitrogens with zero attached hydrogens (tertiary/aromatic N) is 1. The molecule has 8 nitrogen and oxygen atoms in total. The molecule has 0 aliphatic carbocycles.